The molecule has 0 aliphatic heterocycles. The number of hydrogen-bond donors (Lipinski definition) is 1. The summed E-state index contributed by atoms with van der Waals surface area (Å²) in [7, 11) is 0. The maximum atomic E-state index is 13.8. The van der Waals surface area contributed by atoms with Gasteiger partial charge >= 0.3 is 0 Å². The van der Waals surface area contributed by atoms with E-state index in [9.17, 15) is 4.39 Å². The fraction of sp³-hybridized carbons (Fsp3) is 0.400. The van der Waals surface area contributed by atoms with E-state index in [1.165, 1.54) is 6.07 Å². The monoisotopic (exact) mass is 340 g/mol. The molecule has 108 valence electrons. The minimum Gasteiger partial charge on any atom is -0.441 e. The molecule has 1 aromatic heterocycles. The maximum Gasteiger partial charge on any atom is 0.196 e. The molecule has 1 aromatic carbocycles. The van der Waals surface area contributed by atoms with Gasteiger partial charge in [0.05, 0.1) is 11.8 Å². The van der Waals surface area contributed by atoms with Crippen LogP contribution >= 0.6 is 15.9 Å². The van der Waals surface area contributed by atoms with E-state index in [1.54, 1.807) is 18.3 Å². The third-order valence-electron chi connectivity index (χ3n) is 2.83. The summed E-state index contributed by atoms with van der Waals surface area (Å²) in [5.74, 6) is 1.37. The molecule has 0 radical (unpaired) electrons. The highest BCUT2D eigenvalue weighted by atomic mass is 79.9. The van der Waals surface area contributed by atoms with Crippen molar-refractivity contribution >= 4 is 15.9 Å². The molecule has 0 bridgehead atoms. The second-order valence-corrected chi connectivity index (χ2v) is 5.92. The first-order valence-electron chi connectivity index (χ1n) is 6.67. The van der Waals surface area contributed by atoms with Gasteiger partial charge in [-0.25, -0.2) is 9.37 Å². The lowest BCUT2D eigenvalue weighted by atomic mass is 10.2. The van der Waals surface area contributed by atoms with E-state index in [0.717, 1.165) is 13.1 Å². The van der Waals surface area contributed by atoms with Crippen molar-refractivity contribution in [2.75, 3.05) is 13.1 Å². The van der Waals surface area contributed by atoms with Gasteiger partial charge in [0.2, 0.25) is 0 Å². The van der Waals surface area contributed by atoms with Crippen LogP contribution in [0.25, 0.3) is 11.3 Å². The van der Waals surface area contributed by atoms with Crippen molar-refractivity contribution in [1.82, 2.24) is 10.3 Å². The molecule has 0 aliphatic rings. The first-order chi connectivity index (χ1) is 9.58. The first kappa shape index (κ1) is 15.2. The molecule has 20 heavy (non-hydrogen) atoms. The molecule has 0 saturated carbocycles. The third-order valence-corrected chi connectivity index (χ3v) is 3.49. The van der Waals surface area contributed by atoms with E-state index in [4.69, 9.17) is 4.42 Å². The van der Waals surface area contributed by atoms with Crippen molar-refractivity contribution in [3.8, 4) is 11.3 Å². The van der Waals surface area contributed by atoms with Crippen LogP contribution in [0.3, 0.4) is 0 Å². The first-order valence-corrected chi connectivity index (χ1v) is 7.47. The summed E-state index contributed by atoms with van der Waals surface area (Å²) in [6.07, 6.45) is 2.26. The highest BCUT2D eigenvalue weighted by Gasteiger charge is 2.14. The summed E-state index contributed by atoms with van der Waals surface area (Å²) < 4.78 is 20.1. The van der Waals surface area contributed by atoms with Gasteiger partial charge in [0.1, 0.15) is 5.82 Å². The Morgan fingerprint density at radius 2 is 2.20 bits per heavy atom. The van der Waals surface area contributed by atoms with Crippen molar-refractivity contribution < 1.29 is 8.81 Å². The molecule has 2 rings (SSSR count). The molecule has 2 aromatic rings. The van der Waals surface area contributed by atoms with E-state index in [2.05, 4.69) is 40.1 Å². The number of rotatable bonds is 6. The molecule has 1 heterocycles. The zero-order valence-electron chi connectivity index (χ0n) is 11.6. The SMILES string of the molecule is CC(C)CNCCc1ncc(-c2c(F)cccc2Br)o1. The van der Waals surface area contributed by atoms with Crippen LogP contribution in [0.2, 0.25) is 0 Å². The van der Waals surface area contributed by atoms with Gasteiger partial charge in [-0.2, -0.15) is 0 Å². The summed E-state index contributed by atoms with van der Waals surface area (Å²) in [5.41, 5.74) is 0.418. The molecule has 1 N–H and O–H groups in total. The minimum absolute atomic E-state index is 0.319. The fourth-order valence-corrected chi connectivity index (χ4v) is 2.40. The lowest BCUT2D eigenvalue weighted by molar-refractivity contribution is 0.480. The summed E-state index contributed by atoms with van der Waals surface area (Å²) >= 11 is 3.33. The average Bonchev–Trinajstić information content (AvgIpc) is 2.83. The Morgan fingerprint density at radius 3 is 2.90 bits per heavy atom. The number of aromatic nitrogens is 1. The summed E-state index contributed by atoms with van der Waals surface area (Å²) in [6.45, 7) is 6.08. The van der Waals surface area contributed by atoms with Crippen molar-refractivity contribution in [1.29, 1.82) is 0 Å². The van der Waals surface area contributed by atoms with E-state index in [0.29, 0.717) is 34.0 Å². The Balaban J connectivity index is 2.02. The number of nitrogens with one attached hydrogen (secondary N) is 1. The zero-order chi connectivity index (χ0) is 14.5. The molecule has 0 fully saturated rings. The Morgan fingerprint density at radius 1 is 1.40 bits per heavy atom. The molecule has 0 saturated heterocycles. The summed E-state index contributed by atoms with van der Waals surface area (Å²) in [4.78, 5) is 4.20. The van der Waals surface area contributed by atoms with Crippen LogP contribution in [0.15, 0.2) is 33.3 Å². The van der Waals surface area contributed by atoms with Gasteiger partial charge in [-0.1, -0.05) is 19.9 Å². The number of halogens is 2. The smallest absolute Gasteiger partial charge is 0.196 e. The second-order valence-electron chi connectivity index (χ2n) is 5.06. The van der Waals surface area contributed by atoms with Gasteiger partial charge in [-0.05, 0) is 40.5 Å². The zero-order valence-corrected chi connectivity index (χ0v) is 13.2. The van der Waals surface area contributed by atoms with Crippen molar-refractivity contribution in [3.63, 3.8) is 0 Å². The van der Waals surface area contributed by atoms with Crippen LogP contribution in [0.1, 0.15) is 19.7 Å². The summed E-state index contributed by atoms with van der Waals surface area (Å²) in [5, 5.41) is 3.32. The third kappa shape index (κ3) is 3.90. The quantitative estimate of drug-likeness (QED) is 0.806. The molecule has 0 amide bonds. The van der Waals surface area contributed by atoms with Crippen LogP contribution in [-0.4, -0.2) is 18.1 Å². The van der Waals surface area contributed by atoms with Crippen LogP contribution in [0, 0.1) is 11.7 Å². The molecule has 3 nitrogen and oxygen atoms in total. The number of nitrogens with zero attached hydrogens (tertiary/aromatic N) is 1. The summed E-state index contributed by atoms with van der Waals surface area (Å²) in [6, 6.07) is 4.84. The highest BCUT2D eigenvalue weighted by molar-refractivity contribution is 9.10. The molecule has 0 aliphatic carbocycles. The highest BCUT2D eigenvalue weighted by Crippen LogP contribution is 2.31. The standard InChI is InChI=1S/C15H18BrFN2O/c1-10(2)8-18-7-6-14-19-9-13(20-14)15-11(16)4-3-5-12(15)17/h3-5,9-10,18H,6-8H2,1-2H3. The van der Waals surface area contributed by atoms with Crippen LogP contribution in [-0.2, 0) is 6.42 Å². The van der Waals surface area contributed by atoms with Crippen molar-refractivity contribution in [2.45, 2.75) is 20.3 Å². The number of oxazole rings is 1. The van der Waals surface area contributed by atoms with E-state index in [-0.39, 0.29) is 5.82 Å². The Kier molecular flexibility index (Phi) is 5.31. The predicted octanol–water partition coefficient (Wildman–Crippen LogP) is 4.03. The predicted molar refractivity (Wildman–Crippen MR) is 81.0 cm³/mol. The van der Waals surface area contributed by atoms with Gasteiger partial charge < -0.3 is 9.73 Å². The Labute approximate surface area is 126 Å². The van der Waals surface area contributed by atoms with Crippen LogP contribution in [0.4, 0.5) is 4.39 Å². The maximum absolute atomic E-state index is 13.8. The minimum atomic E-state index is -0.319. The lowest BCUT2D eigenvalue weighted by Crippen LogP contribution is -2.22. The molecule has 0 unspecified atom stereocenters. The van der Waals surface area contributed by atoms with Gasteiger partial charge in [0, 0.05) is 17.4 Å². The van der Waals surface area contributed by atoms with E-state index >= 15 is 0 Å². The number of benzene rings is 1. The van der Waals surface area contributed by atoms with E-state index in [1.807, 2.05) is 0 Å². The molecular formula is C15H18BrFN2O. The van der Waals surface area contributed by atoms with Crippen molar-refractivity contribution in [2.24, 2.45) is 5.92 Å². The Hall–Kier alpha value is -1.20. The number of hydrogen-bond acceptors (Lipinski definition) is 3. The largest absolute Gasteiger partial charge is 0.441 e. The van der Waals surface area contributed by atoms with Gasteiger partial charge in [0.25, 0.3) is 0 Å². The normalized spacial score (nSPS) is 11.2. The van der Waals surface area contributed by atoms with Crippen LogP contribution in [0.5, 0.6) is 0 Å². The van der Waals surface area contributed by atoms with Crippen LogP contribution < -0.4 is 5.32 Å². The second kappa shape index (κ2) is 6.99. The molecule has 0 spiro atoms. The molecule has 5 heteroatoms. The van der Waals surface area contributed by atoms with Gasteiger partial charge in [-0.3, -0.25) is 0 Å². The Bertz CT molecular complexity index is 549. The molecule has 0 atom stereocenters. The van der Waals surface area contributed by atoms with Crippen molar-refractivity contribution in [3.05, 3.63) is 40.6 Å². The average molecular weight is 341 g/mol. The van der Waals surface area contributed by atoms with Gasteiger partial charge in [-0.15, -0.1) is 0 Å². The lowest BCUT2D eigenvalue weighted by Gasteiger charge is -2.05. The fourth-order valence-electron chi connectivity index (χ4n) is 1.86. The van der Waals surface area contributed by atoms with E-state index < -0.39 is 0 Å². The van der Waals surface area contributed by atoms with Gasteiger partial charge in [0.15, 0.2) is 11.7 Å². The molecular weight excluding hydrogens is 323 g/mol. The topological polar surface area (TPSA) is 38.1 Å².